The molecule has 8 heteroatoms. The van der Waals surface area contributed by atoms with Crippen molar-refractivity contribution in [1.29, 1.82) is 0 Å². The zero-order valence-corrected chi connectivity index (χ0v) is 26.8. The van der Waals surface area contributed by atoms with Gasteiger partial charge < -0.3 is 24.8 Å². The Morgan fingerprint density at radius 3 is 1.82 bits per heavy atom. The molecule has 0 aliphatic carbocycles. The summed E-state index contributed by atoms with van der Waals surface area (Å²) < 4.78 is 8.67. The molecule has 5 nitrogen and oxygen atoms in total. The number of anilines is 3. The molecular formula is C31H36Cl2N3O2Ru. The molecular weight excluding hydrogens is 618 g/mol. The van der Waals surface area contributed by atoms with Gasteiger partial charge in [-0.15, -0.1) is 0 Å². The number of para-hydroxylation sites is 1. The topological polar surface area (TPSA) is 44.8 Å². The van der Waals surface area contributed by atoms with Gasteiger partial charge in [0.2, 0.25) is 0 Å². The molecule has 1 N–H and O–H groups in total. The molecule has 2 heterocycles. The Morgan fingerprint density at radius 2 is 1.33 bits per heavy atom. The first-order chi connectivity index (χ1) is 17.6. The van der Waals surface area contributed by atoms with Gasteiger partial charge in [-0.05, 0) is 0 Å². The molecule has 0 saturated carbocycles. The first-order valence-corrected chi connectivity index (χ1v) is 14.9. The minimum atomic E-state index is -0.493. The van der Waals surface area contributed by atoms with Crippen LogP contribution in [0.25, 0.3) is 0 Å². The van der Waals surface area contributed by atoms with E-state index >= 15 is 0 Å². The van der Waals surface area contributed by atoms with Gasteiger partial charge in [0.1, 0.15) is 0 Å². The van der Waals surface area contributed by atoms with E-state index in [-0.39, 0.29) is 52.2 Å². The van der Waals surface area contributed by atoms with Crippen molar-refractivity contribution in [3.8, 4) is 5.75 Å². The first kappa shape index (κ1) is 31.1. The summed E-state index contributed by atoms with van der Waals surface area (Å²) in [5, 5.41) is 2.99. The van der Waals surface area contributed by atoms with E-state index < -0.39 is 6.10 Å². The second-order valence-corrected chi connectivity index (χ2v) is 12.4. The zero-order valence-electron chi connectivity index (χ0n) is 23.5. The molecule has 1 fully saturated rings. The van der Waals surface area contributed by atoms with E-state index in [1.165, 1.54) is 44.8 Å². The molecule has 1 amide bonds. The summed E-state index contributed by atoms with van der Waals surface area (Å²) in [4.78, 5) is 17.4. The standard InChI is InChI=1S/C21H27N2.C10H9NO2.2ClH.Ru/c1-14-9-16(3)20(17(4)10-14)22-7-8-23(13-22)21-18(5)11-15(2)12-19(21)6;1-6-4-3-5-8-9(6)13-7(2)10(12)11-8;;;/h9-13H,7-8H2,1-6H3;1,3-5,7H,2H3,(H,11,12);2*1H;/q;;;;+2/p-2. The van der Waals surface area contributed by atoms with Crippen molar-refractivity contribution < 1.29 is 51.0 Å². The van der Waals surface area contributed by atoms with Gasteiger partial charge >= 0.3 is 228 Å². The van der Waals surface area contributed by atoms with Gasteiger partial charge in [0, 0.05) is 0 Å². The number of ether oxygens (including phenoxy) is 1. The van der Waals surface area contributed by atoms with E-state index in [0.717, 1.165) is 30.1 Å². The number of carbonyl (C=O) groups is 1. The summed E-state index contributed by atoms with van der Waals surface area (Å²) in [5.74, 6) is 0.687. The predicted molar refractivity (Wildman–Crippen MR) is 150 cm³/mol. The van der Waals surface area contributed by atoms with Gasteiger partial charge in [0.15, 0.2) is 0 Å². The number of nitrogens with zero attached hydrogens (tertiary/aromatic N) is 2. The Kier molecular flexibility index (Phi) is 9.91. The fourth-order valence-electron chi connectivity index (χ4n) is 5.85. The van der Waals surface area contributed by atoms with Crippen LogP contribution in [0, 0.1) is 41.5 Å². The molecule has 209 valence electrons. The third kappa shape index (κ3) is 6.04. The number of benzene rings is 3. The molecule has 3 aromatic carbocycles. The van der Waals surface area contributed by atoms with E-state index in [9.17, 15) is 4.79 Å². The van der Waals surface area contributed by atoms with Crippen LogP contribution < -0.4 is 44.7 Å². The average Bonchev–Trinajstić information content (AvgIpc) is 3.20. The number of hydrogen-bond acceptors (Lipinski definition) is 4. The monoisotopic (exact) mass is 654 g/mol. The second kappa shape index (κ2) is 12.4. The largest absolute Gasteiger partial charge is 1.00 e. The number of aryl methyl sites for hydroxylation is 6. The van der Waals surface area contributed by atoms with E-state index in [2.05, 4.69) is 91.6 Å². The van der Waals surface area contributed by atoms with Crippen LogP contribution in [0.4, 0.5) is 17.1 Å². The molecule has 0 bridgehead atoms. The molecule has 0 aromatic heterocycles. The van der Waals surface area contributed by atoms with Crippen LogP contribution in [0.5, 0.6) is 5.75 Å². The number of halogens is 2. The normalized spacial score (nSPS) is 16.9. The number of hydrogen-bond donors (Lipinski definition) is 1. The predicted octanol–water partition coefficient (Wildman–Crippen LogP) is -0.192. The van der Waals surface area contributed by atoms with Crippen LogP contribution in [0.3, 0.4) is 0 Å². The molecule has 1 atom stereocenters. The maximum atomic E-state index is 12.2. The molecule has 39 heavy (non-hydrogen) atoms. The molecule has 1 unspecified atom stereocenters. The van der Waals surface area contributed by atoms with Gasteiger partial charge in [-0.1, -0.05) is 0 Å². The van der Waals surface area contributed by atoms with Crippen LogP contribution >= 0.6 is 0 Å². The van der Waals surface area contributed by atoms with E-state index in [4.69, 9.17) is 4.74 Å². The second-order valence-electron chi connectivity index (χ2n) is 10.4. The minimum absolute atomic E-state index is 0. The third-order valence-electron chi connectivity index (χ3n) is 7.17. The maximum absolute atomic E-state index is 12.2. The quantitative estimate of drug-likeness (QED) is 0.397. The summed E-state index contributed by atoms with van der Waals surface area (Å²) in [6, 6.07) is 15.2. The van der Waals surface area contributed by atoms with Crippen molar-refractivity contribution in [3.05, 3.63) is 81.4 Å². The van der Waals surface area contributed by atoms with Gasteiger partial charge in [-0.2, -0.15) is 0 Å². The van der Waals surface area contributed by atoms with Crippen LogP contribution in [-0.2, 0) is 21.5 Å². The van der Waals surface area contributed by atoms with Crippen molar-refractivity contribution in [2.75, 3.05) is 28.2 Å². The fraction of sp³-hybridized carbons (Fsp3) is 0.355. The Balaban J connectivity index is 0.00000210. The third-order valence-corrected chi connectivity index (χ3v) is 9.60. The molecule has 5 rings (SSSR count). The summed E-state index contributed by atoms with van der Waals surface area (Å²) in [6.45, 7) is 17.1. The average molecular weight is 655 g/mol. The Bertz CT molecular complexity index is 1310. The minimum Gasteiger partial charge on any atom is -1.00 e. The number of nitrogens with one attached hydrogen (secondary N) is 1. The van der Waals surface area contributed by atoms with Gasteiger partial charge in [0.25, 0.3) is 0 Å². The number of carbonyl (C=O) groups excluding carboxylic acids is 1. The van der Waals surface area contributed by atoms with Crippen LogP contribution in [0.1, 0.15) is 45.9 Å². The molecule has 3 aromatic rings. The SMILES string of the molecule is Cc1cc(C)c(N2CCN(c3c(C)cc(C)cc3C)[CH]2/[Ru+2]=[CH]/c2cccc3c2OC(C)C(=O)N3)c(C)c1.[Cl-].[Cl-]. The fourth-order valence-corrected chi connectivity index (χ4v) is 8.33. The summed E-state index contributed by atoms with van der Waals surface area (Å²) in [6.07, 6.45) is -0.493. The van der Waals surface area contributed by atoms with Crippen molar-refractivity contribution in [2.24, 2.45) is 0 Å². The summed E-state index contributed by atoms with van der Waals surface area (Å²) in [7, 11) is 0. The number of rotatable bonds is 4. The van der Waals surface area contributed by atoms with Gasteiger partial charge in [-0.3, -0.25) is 0 Å². The number of fused-ring (bicyclic) bond motifs is 1. The summed E-state index contributed by atoms with van der Waals surface area (Å²) in [5.41, 5.74) is 12.5. The molecule has 0 radical (unpaired) electrons. The van der Waals surface area contributed by atoms with E-state index in [1.807, 2.05) is 12.1 Å². The van der Waals surface area contributed by atoms with Crippen LogP contribution in [-0.4, -0.2) is 34.5 Å². The van der Waals surface area contributed by atoms with Crippen molar-refractivity contribution in [1.82, 2.24) is 0 Å². The molecule has 2 aliphatic heterocycles. The van der Waals surface area contributed by atoms with Gasteiger partial charge in [-0.25, -0.2) is 0 Å². The van der Waals surface area contributed by atoms with Gasteiger partial charge in [0.05, 0.1) is 0 Å². The smallest absolute Gasteiger partial charge is 1.00 e. The Labute approximate surface area is 252 Å². The van der Waals surface area contributed by atoms with E-state index in [1.54, 1.807) is 6.92 Å². The van der Waals surface area contributed by atoms with Crippen molar-refractivity contribution in [3.63, 3.8) is 0 Å². The van der Waals surface area contributed by atoms with Crippen LogP contribution in [0.15, 0.2) is 42.5 Å². The maximum Gasteiger partial charge on any atom is -1.00 e. The molecule has 2 aliphatic rings. The molecule has 0 spiro atoms. The zero-order chi connectivity index (χ0) is 26.4. The van der Waals surface area contributed by atoms with E-state index in [0.29, 0.717) is 0 Å². The Morgan fingerprint density at radius 1 is 0.846 bits per heavy atom. The van der Waals surface area contributed by atoms with Crippen molar-refractivity contribution in [2.45, 2.75) is 59.3 Å². The number of amides is 1. The van der Waals surface area contributed by atoms with Crippen molar-refractivity contribution >= 4 is 27.6 Å². The Hall–Kier alpha value is -2.40. The molecule has 1 saturated heterocycles. The summed E-state index contributed by atoms with van der Waals surface area (Å²) >= 11 is -0.231. The first-order valence-electron chi connectivity index (χ1n) is 12.9. The van der Waals surface area contributed by atoms with Crippen LogP contribution in [0.2, 0.25) is 0 Å².